The molecule has 0 bridgehead atoms. The average Bonchev–Trinajstić information content (AvgIpc) is 2.19. The topological polar surface area (TPSA) is 26.0 Å². The Kier molecular flexibility index (Phi) is 4.25. The van der Waals surface area contributed by atoms with Gasteiger partial charge >= 0.3 is 0 Å². The molecule has 1 heteroatoms. The summed E-state index contributed by atoms with van der Waals surface area (Å²) in [5, 5.41) is 0. The van der Waals surface area contributed by atoms with E-state index < -0.39 is 0 Å². The highest BCUT2D eigenvalue weighted by molar-refractivity contribution is 4.94. The third-order valence-corrected chi connectivity index (χ3v) is 3.32. The van der Waals surface area contributed by atoms with Gasteiger partial charge in [-0.25, -0.2) is 0 Å². The van der Waals surface area contributed by atoms with Crippen LogP contribution in [0.2, 0.25) is 0 Å². The molecule has 1 aliphatic rings. The molecule has 0 aromatic rings. The fraction of sp³-hybridized carbons (Fsp3) is 1.00. The summed E-state index contributed by atoms with van der Waals surface area (Å²) < 4.78 is 0. The lowest BCUT2D eigenvalue weighted by molar-refractivity contribution is 0.267. The summed E-state index contributed by atoms with van der Waals surface area (Å²) in [5.41, 5.74) is 6.47. The first-order valence-corrected chi connectivity index (χ1v) is 5.21. The van der Waals surface area contributed by atoms with Crippen LogP contribution in [0.15, 0.2) is 0 Å². The van der Waals surface area contributed by atoms with Crippen LogP contribution in [0.5, 0.6) is 0 Å². The van der Waals surface area contributed by atoms with Crippen molar-refractivity contribution in [3.8, 4) is 0 Å². The van der Waals surface area contributed by atoms with E-state index in [1.54, 1.807) is 0 Å². The van der Waals surface area contributed by atoms with Gasteiger partial charge in [-0.3, -0.25) is 0 Å². The molecule has 1 saturated carbocycles. The highest BCUT2D eigenvalue weighted by atomic mass is 14.7. The molecule has 3 unspecified atom stereocenters. The molecule has 0 aromatic heterocycles. The van der Waals surface area contributed by atoms with Gasteiger partial charge in [-0.2, -0.15) is 0 Å². The molecule has 0 aromatic carbocycles. The molecule has 1 fully saturated rings. The van der Waals surface area contributed by atoms with Crippen molar-refractivity contribution in [2.45, 2.75) is 54.0 Å². The van der Waals surface area contributed by atoms with Crippen LogP contribution in [0.25, 0.3) is 0 Å². The Morgan fingerprint density at radius 2 is 1.58 bits per heavy atom. The maximum Gasteiger partial charge on any atom is 0.00956 e. The normalized spacial score (nSPS) is 38.8. The van der Waals surface area contributed by atoms with Gasteiger partial charge in [0.25, 0.3) is 0 Å². The molecule has 1 rings (SSSR count). The molecule has 0 spiro atoms. The molecule has 1 aliphatic carbocycles. The average molecular weight is 171 g/mol. The molecule has 3 atom stereocenters. The maximum atomic E-state index is 6.00. The number of hydrogen-bond acceptors (Lipinski definition) is 1. The van der Waals surface area contributed by atoms with Gasteiger partial charge in [0.15, 0.2) is 0 Å². The fourth-order valence-electron chi connectivity index (χ4n) is 2.17. The Bertz CT molecular complexity index is 129. The summed E-state index contributed by atoms with van der Waals surface area (Å²) in [4.78, 5) is 0. The van der Waals surface area contributed by atoms with E-state index in [1.807, 2.05) is 13.8 Å². The van der Waals surface area contributed by atoms with Gasteiger partial charge < -0.3 is 5.73 Å². The van der Waals surface area contributed by atoms with Crippen molar-refractivity contribution in [2.24, 2.45) is 23.0 Å². The lowest BCUT2D eigenvalue weighted by Crippen LogP contribution is -2.31. The minimum atomic E-state index is 0.426. The molecule has 74 valence electrons. The highest BCUT2D eigenvalue weighted by Gasteiger charge is 2.41. The van der Waals surface area contributed by atoms with Crippen LogP contribution in [0.4, 0.5) is 0 Å². The van der Waals surface area contributed by atoms with Crippen molar-refractivity contribution in [1.29, 1.82) is 0 Å². The van der Waals surface area contributed by atoms with Gasteiger partial charge in [0, 0.05) is 6.04 Å². The second-order valence-corrected chi connectivity index (χ2v) is 4.54. The first-order valence-electron chi connectivity index (χ1n) is 5.21. The molecule has 0 amide bonds. The highest BCUT2D eigenvalue weighted by Crippen LogP contribution is 2.44. The van der Waals surface area contributed by atoms with Gasteiger partial charge in [-0.05, 0) is 23.7 Å². The van der Waals surface area contributed by atoms with E-state index in [0.29, 0.717) is 23.3 Å². The van der Waals surface area contributed by atoms with Gasteiger partial charge in [0.05, 0.1) is 0 Å². The number of nitrogens with two attached hydrogens (primary N) is 1. The summed E-state index contributed by atoms with van der Waals surface area (Å²) in [6.45, 7) is 13.2. The molecule has 12 heavy (non-hydrogen) atoms. The van der Waals surface area contributed by atoms with Crippen LogP contribution < -0.4 is 5.73 Å². The molecular weight excluding hydrogens is 146 g/mol. The molecule has 0 radical (unpaired) electrons. The molecular formula is C11H25N. The standard InChI is InChI=1S/C9H19N.C2H6/c1-6-5-9(3,4)7(2)8(6)10;1-2/h6-8H,5,10H2,1-4H3;1-2H3. The van der Waals surface area contributed by atoms with Crippen LogP contribution in [0.1, 0.15) is 48.0 Å². The Balaban J connectivity index is 0.000000561. The smallest absolute Gasteiger partial charge is 0.00956 e. The maximum absolute atomic E-state index is 6.00. The second kappa shape index (κ2) is 4.27. The third-order valence-electron chi connectivity index (χ3n) is 3.32. The van der Waals surface area contributed by atoms with E-state index >= 15 is 0 Å². The summed E-state index contributed by atoms with van der Waals surface area (Å²) in [5.74, 6) is 1.40. The number of rotatable bonds is 0. The quantitative estimate of drug-likeness (QED) is 0.595. The van der Waals surface area contributed by atoms with Gasteiger partial charge in [0.1, 0.15) is 0 Å². The Morgan fingerprint density at radius 1 is 1.17 bits per heavy atom. The van der Waals surface area contributed by atoms with E-state index in [-0.39, 0.29) is 0 Å². The zero-order valence-electron chi connectivity index (χ0n) is 9.52. The first-order chi connectivity index (χ1) is 5.45. The third kappa shape index (κ3) is 2.22. The summed E-state index contributed by atoms with van der Waals surface area (Å²) >= 11 is 0. The minimum Gasteiger partial charge on any atom is -0.327 e. The van der Waals surface area contributed by atoms with Crippen molar-refractivity contribution in [2.75, 3.05) is 0 Å². The molecule has 2 N–H and O–H groups in total. The van der Waals surface area contributed by atoms with Crippen LogP contribution in [0, 0.1) is 17.3 Å². The van der Waals surface area contributed by atoms with Crippen molar-refractivity contribution >= 4 is 0 Å². The minimum absolute atomic E-state index is 0.426. The summed E-state index contributed by atoms with van der Waals surface area (Å²) in [6, 6.07) is 0.426. The molecule has 0 saturated heterocycles. The van der Waals surface area contributed by atoms with Gasteiger partial charge in [-0.15, -0.1) is 0 Å². The molecule has 0 heterocycles. The monoisotopic (exact) mass is 171 g/mol. The largest absolute Gasteiger partial charge is 0.327 e. The Hall–Kier alpha value is -0.0400. The molecule has 1 nitrogen and oxygen atoms in total. The van der Waals surface area contributed by atoms with E-state index in [1.165, 1.54) is 6.42 Å². The van der Waals surface area contributed by atoms with E-state index in [2.05, 4.69) is 27.7 Å². The van der Waals surface area contributed by atoms with Crippen LogP contribution in [-0.4, -0.2) is 6.04 Å². The first kappa shape index (κ1) is 12.0. The lowest BCUT2D eigenvalue weighted by atomic mass is 9.82. The van der Waals surface area contributed by atoms with Crippen LogP contribution >= 0.6 is 0 Å². The Morgan fingerprint density at radius 3 is 1.67 bits per heavy atom. The Labute approximate surface area is 77.7 Å². The second-order valence-electron chi connectivity index (χ2n) is 4.54. The van der Waals surface area contributed by atoms with E-state index in [0.717, 1.165) is 0 Å². The zero-order valence-corrected chi connectivity index (χ0v) is 9.52. The van der Waals surface area contributed by atoms with Crippen molar-refractivity contribution in [3.05, 3.63) is 0 Å². The van der Waals surface area contributed by atoms with Crippen LogP contribution in [-0.2, 0) is 0 Å². The zero-order chi connectivity index (χ0) is 9.94. The summed E-state index contributed by atoms with van der Waals surface area (Å²) in [7, 11) is 0. The van der Waals surface area contributed by atoms with Gasteiger partial charge in [0.2, 0.25) is 0 Å². The van der Waals surface area contributed by atoms with E-state index in [4.69, 9.17) is 5.73 Å². The van der Waals surface area contributed by atoms with Crippen molar-refractivity contribution < 1.29 is 0 Å². The molecule has 0 aliphatic heterocycles. The SMILES string of the molecule is CC.CC1CC(C)(C)C(C)C1N. The van der Waals surface area contributed by atoms with E-state index in [9.17, 15) is 0 Å². The number of hydrogen-bond donors (Lipinski definition) is 1. The predicted octanol–water partition coefficient (Wildman–Crippen LogP) is 3.04. The summed E-state index contributed by atoms with van der Waals surface area (Å²) in [6.07, 6.45) is 1.29. The van der Waals surface area contributed by atoms with Crippen molar-refractivity contribution in [1.82, 2.24) is 0 Å². The van der Waals surface area contributed by atoms with Crippen molar-refractivity contribution in [3.63, 3.8) is 0 Å². The fourth-order valence-corrected chi connectivity index (χ4v) is 2.17. The lowest BCUT2D eigenvalue weighted by Gasteiger charge is -2.24. The predicted molar refractivity (Wildman–Crippen MR) is 56.0 cm³/mol. The van der Waals surface area contributed by atoms with Crippen LogP contribution in [0.3, 0.4) is 0 Å². The van der Waals surface area contributed by atoms with Gasteiger partial charge in [-0.1, -0.05) is 41.5 Å².